The predicted octanol–water partition coefficient (Wildman–Crippen LogP) is 2.03. The van der Waals surface area contributed by atoms with Gasteiger partial charge in [-0.15, -0.1) is 0 Å². The van der Waals surface area contributed by atoms with E-state index in [1.165, 1.54) is 7.11 Å². The molecule has 0 saturated heterocycles. The lowest BCUT2D eigenvalue weighted by Gasteiger charge is -2.16. The molecule has 1 aromatic carbocycles. The summed E-state index contributed by atoms with van der Waals surface area (Å²) >= 11 is 0. The van der Waals surface area contributed by atoms with E-state index < -0.39 is 6.10 Å². The van der Waals surface area contributed by atoms with Crippen LogP contribution in [0, 0.1) is 5.92 Å². The summed E-state index contributed by atoms with van der Waals surface area (Å²) in [5, 5.41) is 0. The van der Waals surface area contributed by atoms with E-state index >= 15 is 0 Å². The minimum Gasteiger partial charge on any atom is -0.497 e. The maximum Gasteiger partial charge on any atom is 0.347 e. The smallest absolute Gasteiger partial charge is 0.347 e. The molecule has 1 aromatic rings. The van der Waals surface area contributed by atoms with Crippen molar-refractivity contribution in [3.63, 3.8) is 0 Å². The van der Waals surface area contributed by atoms with E-state index in [4.69, 9.17) is 14.2 Å². The summed E-state index contributed by atoms with van der Waals surface area (Å²) in [5.41, 5.74) is 0. The Morgan fingerprint density at radius 2 is 1.76 bits per heavy atom. The van der Waals surface area contributed by atoms with Gasteiger partial charge in [-0.3, -0.25) is 0 Å². The standard InChI is InChI=1S/C13H16O4/c1-15-10-5-7-11(8-6-10)17-12(9-3-4-9)13(14)16-2/h5-9,12H,3-4H2,1-2H3. The topological polar surface area (TPSA) is 44.8 Å². The van der Waals surface area contributed by atoms with Crippen LogP contribution in [0.25, 0.3) is 0 Å². The van der Waals surface area contributed by atoms with Crippen LogP contribution in [0.1, 0.15) is 12.8 Å². The number of carbonyl (C=O) groups is 1. The molecule has 1 saturated carbocycles. The molecule has 1 unspecified atom stereocenters. The number of ether oxygens (including phenoxy) is 3. The van der Waals surface area contributed by atoms with Gasteiger partial charge in [-0.1, -0.05) is 0 Å². The highest BCUT2D eigenvalue weighted by Gasteiger charge is 2.38. The van der Waals surface area contributed by atoms with E-state index in [0.29, 0.717) is 11.7 Å². The Bertz CT molecular complexity index is 381. The minimum absolute atomic E-state index is 0.296. The number of benzene rings is 1. The molecule has 1 aliphatic carbocycles. The largest absolute Gasteiger partial charge is 0.497 e. The number of hydrogen-bond acceptors (Lipinski definition) is 4. The highest BCUT2D eigenvalue weighted by atomic mass is 16.6. The van der Waals surface area contributed by atoms with Gasteiger partial charge >= 0.3 is 5.97 Å². The van der Waals surface area contributed by atoms with E-state index in [1.807, 2.05) is 0 Å². The summed E-state index contributed by atoms with van der Waals surface area (Å²) in [5.74, 6) is 1.42. The van der Waals surface area contributed by atoms with Crippen LogP contribution in [0.3, 0.4) is 0 Å². The van der Waals surface area contributed by atoms with Crippen LogP contribution in [0.5, 0.6) is 11.5 Å². The Balaban J connectivity index is 2.03. The lowest BCUT2D eigenvalue weighted by Crippen LogP contribution is -2.30. The second kappa shape index (κ2) is 5.08. The van der Waals surface area contributed by atoms with Crippen LogP contribution in [-0.4, -0.2) is 26.3 Å². The fourth-order valence-corrected chi connectivity index (χ4v) is 1.65. The zero-order valence-electron chi connectivity index (χ0n) is 10.0. The van der Waals surface area contributed by atoms with Crippen molar-refractivity contribution in [3.05, 3.63) is 24.3 Å². The number of methoxy groups -OCH3 is 2. The van der Waals surface area contributed by atoms with Gasteiger partial charge in [-0.25, -0.2) is 4.79 Å². The van der Waals surface area contributed by atoms with Gasteiger partial charge in [0.2, 0.25) is 0 Å². The van der Waals surface area contributed by atoms with Crippen LogP contribution in [0.15, 0.2) is 24.3 Å². The molecule has 17 heavy (non-hydrogen) atoms. The molecule has 0 bridgehead atoms. The van der Waals surface area contributed by atoms with Gasteiger partial charge in [-0.2, -0.15) is 0 Å². The number of rotatable bonds is 5. The van der Waals surface area contributed by atoms with Crippen molar-refractivity contribution < 1.29 is 19.0 Å². The number of esters is 1. The number of carbonyl (C=O) groups excluding carboxylic acids is 1. The maximum atomic E-state index is 11.5. The summed E-state index contributed by atoms with van der Waals surface area (Å²) in [6.07, 6.45) is 1.57. The van der Waals surface area contributed by atoms with E-state index in [9.17, 15) is 4.79 Å². The highest BCUT2D eigenvalue weighted by molar-refractivity contribution is 5.75. The zero-order valence-corrected chi connectivity index (χ0v) is 10.0. The van der Waals surface area contributed by atoms with Crippen LogP contribution < -0.4 is 9.47 Å². The average molecular weight is 236 g/mol. The summed E-state index contributed by atoms with van der Waals surface area (Å²) in [7, 11) is 2.99. The normalized spacial score (nSPS) is 16.1. The lowest BCUT2D eigenvalue weighted by molar-refractivity contribution is -0.149. The fraction of sp³-hybridized carbons (Fsp3) is 0.462. The lowest BCUT2D eigenvalue weighted by atomic mass is 10.2. The van der Waals surface area contributed by atoms with E-state index in [0.717, 1.165) is 18.6 Å². The van der Waals surface area contributed by atoms with Crippen LogP contribution in [0.4, 0.5) is 0 Å². The quantitative estimate of drug-likeness (QED) is 0.734. The summed E-state index contributed by atoms with van der Waals surface area (Å²) in [4.78, 5) is 11.5. The van der Waals surface area contributed by atoms with Crippen LogP contribution >= 0.6 is 0 Å². The monoisotopic (exact) mass is 236 g/mol. The molecule has 1 atom stereocenters. The van der Waals surface area contributed by atoms with Crippen molar-refractivity contribution in [1.82, 2.24) is 0 Å². The van der Waals surface area contributed by atoms with Crippen molar-refractivity contribution in [1.29, 1.82) is 0 Å². The Labute approximate surface area is 100 Å². The van der Waals surface area contributed by atoms with Crippen molar-refractivity contribution in [2.45, 2.75) is 18.9 Å². The molecule has 2 rings (SSSR count). The first-order valence-electron chi connectivity index (χ1n) is 5.63. The molecule has 0 amide bonds. The Kier molecular flexibility index (Phi) is 3.52. The Morgan fingerprint density at radius 3 is 2.24 bits per heavy atom. The molecule has 0 radical (unpaired) electrons. The number of hydrogen-bond donors (Lipinski definition) is 0. The molecule has 1 aliphatic rings. The molecule has 0 aromatic heterocycles. The molecule has 0 N–H and O–H groups in total. The average Bonchev–Trinajstić information content (AvgIpc) is 3.20. The van der Waals surface area contributed by atoms with Crippen molar-refractivity contribution in [2.24, 2.45) is 5.92 Å². The van der Waals surface area contributed by atoms with Crippen molar-refractivity contribution in [2.75, 3.05) is 14.2 Å². The Hall–Kier alpha value is -1.71. The zero-order chi connectivity index (χ0) is 12.3. The first kappa shape index (κ1) is 11.8. The first-order chi connectivity index (χ1) is 8.24. The van der Waals surface area contributed by atoms with Gasteiger partial charge in [0.15, 0.2) is 6.10 Å². The van der Waals surface area contributed by atoms with Gasteiger partial charge < -0.3 is 14.2 Å². The molecule has 0 heterocycles. The second-order valence-corrected chi connectivity index (χ2v) is 4.07. The Morgan fingerprint density at radius 1 is 1.18 bits per heavy atom. The third-order valence-corrected chi connectivity index (χ3v) is 2.81. The molecule has 0 aliphatic heterocycles. The SMILES string of the molecule is COC(=O)C(Oc1ccc(OC)cc1)C1CC1. The molecule has 4 heteroatoms. The third kappa shape index (κ3) is 2.90. The van der Waals surface area contributed by atoms with Crippen LogP contribution in [0.2, 0.25) is 0 Å². The third-order valence-electron chi connectivity index (χ3n) is 2.81. The van der Waals surface area contributed by atoms with E-state index in [2.05, 4.69) is 0 Å². The maximum absolute atomic E-state index is 11.5. The molecule has 92 valence electrons. The highest BCUT2D eigenvalue weighted by Crippen LogP contribution is 2.35. The van der Waals surface area contributed by atoms with Crippen molar-refractivity contribution in [3.8, 4) is 11.5 Å². The molecule has 0 spiro atoms. The van der Waals surface area contributed by atoms with Crippen LogP contribution in [-0.2, 0) is 9.53 Å². The van der Waals surface area contributed by atoms with E-state index in [1.54, 1.807) is 31.4 Å². The molecular weight excluding hydrogens is 220 g/mol. The van der Waals surface area contributed by atoms with Gasteiger partial charge in [0.1, 0.15) is 11.5 Å². The molecule has 1 fully saturated rings. The molecular formula is C13H16O4. The van der Waals surface area contributed by atoms with Crippen molar-refractivity contribution >= 4 is 5.97 Å². The summed E-state index contributed by atoms with van der Waals surface area (Å²) in [6.45, 7) is 0. The van der Waals surface area contributed by atoms with Gasteiger partial charge in [-0.05, 0) is 37.1 Å². The molecule has 4 nitrogen and oxygen atoms in total. The first-order valence-corrected chi connectivity index (χ1v) is 5.63. The van der Waals surface area contributed by atoms with E-state index in [-0.39, 0.29) is 5.97 Å². The minimum atomic E-state index is -0.478. The summed E-state index contributed by atoms with van der Waals surface area (Å²) in [6, 6.07) is 7.18. The van der Waals surface area contributed by atoms with Gasteiger partial charge in [0, 0.05) is 5.92 Å². The van der Waals surface area contributed by atoms with Gasteiger partial charge in [0.05, 0.1) is 14.2 Å². The summed E-state index contributed by atoms with van der Waals surface area (Å²) < 4.78 is 15.5. The predicted molar refractivity (Wildman–Crippen MR) is 62.2 cm³/mol. The van der Waals surface area contributed by atoms with Gasteiger partial charge in [0.25, 0.3) is 0 Å². The fourth-order valence-electron chi connectivity index (χ4n) is 1.65. The second-order valence-electron chi connectivity index (χ2n) is 4.07.